The van der Waals surface area contributed by atoms with Crippen LogP contribution >= 0.6 is 0 Å². The molecule has 1 unspecified atom stereocenters. The molecule has 0 aliphatic rings. The zero-order chi connectivity index (χ0) is 12.8. The molecule has 0 aliphatic carbocycles. The minimum absolute atomic E-state index is 0.0676. The Bertz CT molecular complexity index is 393. The number of aryl methyl sites for hydroxylation is 1. The molecule has 0 saturated heterocycles. The van der Waals surface area contributed by atoms with E-state index in [1.54, 1.807) is 19.1 Å². The molecule has 1 aromatic carbocycles. The van der Waals surface area contributed by atoms with Crippen LogP contribution in [0.3, 0.4) is 0 Å². The Hall–Kier alpha value is -1.42. The number of hydrogen-bond donors (Lipinski definition) is 2. The number of halogens is 1. The van der Waals surface area contributed by atoms with Gasteiger partial charge in [0.25, 0.3) is 0 Å². The highest BCUT2D eigenvalue weighted by molar-refractivity contribution is 5.73. The predicted molar refractivity (Wildman–Crippen MR) is 66.0 cm³/mol. The molecule has 0 bridgehead atoms. The van der Waals surface area contributed by atoms with Gasteiger partial charge in [-0.15, -0.1) is 0 Å². The van der Waals surface area contributed by atoms with Crippen molar-refractivity contribution in [2.24, 2.45) is 5.73 Å². The molecule has 0 fully saturated rings. The van der Waals surface area contributed by atoms with Gasteiger partial charge in [-0.05, 0) is 44.0 Å². The molecule has 0 spiro atoms. The second-order valence-corrected chi connectivity index (χ2v) is 4.25. The average molecular weight is 238 g/mol. The first-order chi connectivity index (χ1) is 8.00. The summed E-state index contributed by atoms with van der Waals surface area (Å²) >= 11 is 0. The summed E-state index contributed by atoms with van der Waals surface area (Å²) in [5.41, 5.74) is 6.60. The maximum Gasteiger partial charge on any atom is 0.217 e. The van der Waals surface area contributed by atoms with E-state index in [0.29, 0.717) is 24.9 Å². The quantitative estimate of drug-likeness (QED) is 0.745. The molecule has 3 N–H and O–H groups in total. The molecule has 94 valence electrons. The van der Waals surface area contributed by atoms with Crippen LogP contribution in [0.5, 0.6) is 0 Å². The van der Waals surface area contributed by atoms with E-state index < -0.39 is 0 Å². The topological polar surface area (TPSA) is 55.1 Å². The molecule has 4 heteroatoms. The number of primary amides is 1. The Kier molecular flexibility index (Phi) is 5.10. The fourth-order valence-electron chi connectivity index (χ4n) is 1.58. The molecule has 17 heavy (non-hydrogen) atoms. The van der Waals surface area contributed by atoms with Gasteiger partial charge in [0.05, 0.1) is 0 Å². The molecular formula is C13H19FN2O. The van der Waals surface area contributed by atoms with Gasteiger partial charge in [-0.3, -0.25) is 4.79 Å². The number of carbonyl (C=O) groups excluding carboxylic acids is 1. The highest BCUT2D eigenvalue weighted by atomic mass is 19.1. The third-order valence-corrected chi connectivity index (χ3v) is 2.75. The zero-order valence-corrected chi connectivity index (χ0v) is 10.3. The lowest BCUT2D eigenvalue weighted by Crippen LogP contribution is -2.21. The summed E-state index contributed by atoms with van der Waals surface area (Å²) in [6, 6.07) is 5.29. The molecule has 1 aromatic rings. The average Bonchev–Trinajstić information content (AvgIpc) is 2.27. The van der Waals surface area contributed by atoms with E-state index in [4.69, 9.17) is 5.73 Å². The smallest absolute Gasteiger partial charge is 0.217 e. The van der Waals surface area contributed by atoms with Crippen LogP contribution in [0.15, 0.2) is 18.2 Å². The number of carbonyl (C=O) groups is 1. The van der Waals surface area contributed by atoms with E-state index in [2.05, 4.69) is 5.32 Å². The van der Waals surface area contributed by atoms with E-state index in [1.807, 2.05) is 13.0 Å². The van der Waals surface area contributed by atoms with Crippen LogP contribution in [0.2, 0.25) is 0 Å². The van der Waals surface area contributed by atoms with Crippen LogP contribution in [0, 0.1) is 12.7 Å². The van der Waals surface area contributed by atoms with Gasteiger partial charge >= 0.3 is 0 Å². The van der Waals surface area contributed by atoms with Crippen molar-refractivity contribution in [1.29, 1.82) is 0 Å². The van der Waals surface area contributed by atoms with Crippen LogP contribution < -0.4 is 11.1 Å². The molecule has 1 atom stereocenters. The first kappa shape index (κ1) is 13.6. The van der Waals surface area contributed by atoms with Crippen molar-refractivity contribution in [3.05, 3.63) is 35.1 Å². The van der Waals surface area contributed by atoms with Gasteiger partial charge in [0.1, 0.15) is 5.82 Å². The van der Waals surface area contributed by atoms with Crippen molar-refractivity contribution in [2.75, 3.05) is 6.54 Å². The molecule has 1 rings (SSSR count). The number of rotatable bonds is 6. The SMILES string of the molecule is Cc1ccc(C(C)NCCCC(N)=O)cc1F. The van der Waals surface area contributed by atoms with Crippen molar-refractivity contribution >= 4 is 5.91 Å². The molecule has 1 amide bonds. The molecule has 0 heterocycles. The van der Waals surface area contributed by atoms with Crippen LogP contribution in [-0.2, 0) is 4.79 Å². The van der Waals surface area contributed by atoms with Gasteiger partial charge in [-0.1, -0.05) is 12.1 Å². The van der Waals surface area contributed by atoms with Crippen molar-refractivity contribution in [1.82, 2.24) is 5.32 Å². The summed E-state index contributed by atoms with van der Waals surface area (Å²) in [5, 5.41) is 3.23. The molecular weight excluding hydrogens is 219 g/mol. The van der Waals surface area contributed by atoms with Crippen molar-refractivity contribution < 1.29 is 9.18 Å². The zero-order valence-electron chi connectivity index (χ0n) is 10.3. The second-order valence-electron chi connectivity index (χ2n) is 4.25. The van der Waals surface area contributed by atoms with E-state index in [1.165, 1.54) is 0 Å². The number of nitrogens with one attached hydrogen (secondary N) is 1. The fraction of sp³-hybridized carbons (Fsp3) is 0.462. The number of benzene rings is 1. The van der Waals surface area contributed by atoms with Gasteiger partial charge in [-0.25, -0.2) is 4.39 Å². The highest BCUT2D eigenvalue weighted by Crippen LogP contribution is 2.16. The monoisotopic (exact) mass is 238 g/mol. The molecule has 3 nitrogen and oxygen atoms in total. The minimum Gasteiger partial charge on any atom is -0.370 e. The van der Waals surface area contributed by atoms with E-state index >= 15 is 0 Å². The van der Waals surface area contributed by atoms with Crippen LogP contribution in [0.25, 0.3) is 0 Å². The normalized spacial score (nSPS) is 12.4. The second kappa shape index (κ2) is 6.35. The number of amides is 1. The Morgan fingerprint density at radius 1 is 1.53 bits per heavy atom. The van der Waals surface area contributed by atoms with Crippen molar-refractivity contribution in [3.63, 3.8) is 0 Å². The number of hydrogen-bond acceptors (Lipinski definition) is 2. The lowest BCUT2D eigenvalue weighted by molar-refractivity contribution is -0.118. The Labute approximate surface area is 101 Å². The third-order valence-electron chi connectivity index (χ3n) is 2.75. The van der Waals surface area contributed by atoms with Crippen LogP contribution in [0.4, 0.5) is 4.39 Å². The van der Waals surface area contributed by atoms with Gasteiger partial charge in [0.15, 0.2) is 0 Å². The first-order valence-corrected chi connectivity index (χ1v) is 5.78. The molecule has 0 aromatic heterocycles. The van der Waals surface area contributed by atoms with E-state index in [-0.39, 0.29) is 17.8 Å². The summed E-state index contributed by atoms with van der Waals surface area (Å²) in [7, 11) is 0. The van der Waals surface area contributed by atoms with E-state index in [9.17, 15) is 9.18 Å². The standard InChI is InChI=1S/C13H19FN2O/c1-9-5-6-11(8-12(9)14)10(2)16-7-3-4-13(15)17/h5-6,8,10,16H,3-4,7H2,1-2H3,(H2,15,17). The highest BCUT2D eigenvalue weighted by Gasteiger charge is 2.07. The maximum atomic E-state index is 13.3. The summed E-state index contributed by atoms with van der Waals surface area (Å²) in [4.78, 5) is 10.5. The summed E-state index contributed by atoms with van der Waals surface area (Å²) < 4.78 is 13.3. The van der Waals surface area contributed by atoms with Gasteiger partial charge in [0, 0.05) is 12.5 Å². The summed E-state index contributed by atoms with van der Waals surface area (Å²) in [5.74, 6) is -0.478. The Morgan fingerprint density at radius 3 is 2.82 bits per heavy atom. The van der Waals surface area contributed by atoms with Crippen molar-refractivity contribution in [2.45, 2.75) is 32.7 Å². The van der Waals surface area contributed by atoms with Gasteiger partial charge < -0.3 is 11.1 Å². The number of nitrogens with two attached hydrogens (primary N) is 1. The molecule has 0 saturated carbocycles. The summed E-state index contributed by atoms with van der Waals surface area (Å²) in [6.07, 6.45) is 1.08. The van der Waals surface area contributed by atoms with Crippen molar-refractivity contribution in [3.8, 4) is 0 Å². The molecule has 0 aliphatic heterocycles. The largest absolute Gasteiger partial charge is 0.370 e. The van der Waals surface area contributed by atoms with Gasteiger partial charge in [0.2, 0.25) is 5.91 Å². The Morgan fingerprint density at radius 2 is 2.24 bits per heavy atom. The molecule has 0 radical (unpaired) electrons. The minimum atomic E-state index is -0.291. The predicted octanol–water partition coefficient (Wildman–Crippen LogP) is 2.05. The maximum absolute atomic E-state index is 13.3. The fourth-order valence-corrected chi connectivity index (χ4v) is 1.58. The lowest BCUT2D eigenvalue weighted by Gasteiger charge is -2.14. The van der Waals surface area contributed by atoms with Crippen LogP contribution in [0.1, 0.15) is 36.9 Å². The first-order valence-electron chi connectivity index (χ1n) is 5.78. The van der Waals surface area contributed by atoms with Crippen LogP contribution in [-0.4, -0.2) is 12.5 Å². The Balaban J connectivity index is 2.44. The van der Waals surface area contributed by atoms with E-state index in [0.717, 1.165) is 5.56 Å². The third kappa shape index (κ3) is 4.53. The van der Waals surface area contributed by atoms with Gasteiger partial charge in [-0.2, -0.15) is 0 Å². The summed E-state index contributed by atoms with van der Waals surface area (Å²) in [6.45, 7) is 4.40. The lowest BCUT2D eigenvalue weighted by atomic mass is 10.1.